The van der Waals surface area contributed by atoms with Crippen molar-refractivity contribution in [3.63, 3.8) is 0 Å². The first-order valence-corrected chi connectivity index (χ1v) is 17.0. The van der Waals surface area contributed by atoms with Crippen LogP contribution in [0.4, 0.5) is 0 Å². The van der Waals surface area contributed by atoms with Crippen molar-refractivity contribution in [2.75, 3.05) is 0 Å². The quantitative estimate of drug-likeness (QED) is 0.193. The van der Waals surface area contributed by atoms with Gasteiger partial charge in [-0.1, -0.05) is 140 Å². The predicted molar refractivity (Wildman–Crippen MR) is 208 cm³/mol. The van der Waals surface area contributed by atoms with Crippen LogP contribution in [-0.4, -0.2) is 9.97 Å². The second-order valence-electron chi connectivity index (χ2n) is 13.0. The van der Waals surface area contributed by atoms with E-state index in [4.69, 9.17) is 14.4 Å². The van der Waals surface area contributed by atoms with Gasteiger partial charge in [0.05, 0.1) is 11.4 Å². The van der Waals surface area contributed by atoms with Crippen molar-refractivity contribution in [1.29, 1.82) is 0 Å². The minimum atomic E-state index is 0.673. The summed E-state index contributed by atoms with van der Waals surface area (Å²) >= 11 is 0. The van der Waals surface area contributed by atoms with Gasteiger partial charge < -0.3 is 4.42 Å². The molecule has 0 unspecified atom stereocenters. The number of furan rings is 1. The van der Waals surface area contributed by atoms with Crippen LogP contribution in [-0.2, 0) is 0 Å². The molecule has 50 heavy (non-hydrogen) atoms. The van der Waals surface area contributed by atoms with E-state index in [2.05, 4.69) is 165 Å². The molecule has 2 aromatic heterocycles. The van der Waals surface area contributed by atoms with Crippen LogP contribution in [0.2, 0.25) is 0 Å². The molecular weight excluding hydrogens is 609 g/mol. The Labute approximate surface area is 289 Å². The average Bonchev–Trinajstić information content (AvgIpc) is 3.54. The van der Waals surface area contributed by atoms with Gasteiger partial charge in [-0.2, -0.15) is 0 Å². The lowest BCUT2D eigenvalue weighted by Crippen LogP contribution is -2.01. The van der Waals surface area contributed by atoms with Crippen LogP contribution in [0.25, 0.3) is 99.3 Å². The Hall–Kier alpha value is -6.58. The van der Waals surface area contributed by atoms with E-state index in [0.29, 0.717) is 5.82 Å². The molecule has 0 atom stereocenters. The number of aromatic nitrogens is 2. The molecule has 0 bridgehead atoms. The summed E-state index contributed by atoms with van der Waals surface area (Å²) in [6.45, 7) is 2.13. The van der Waals surface area contributed by atoms with E-state index in [-0.39, 0.29) is 0 Å². The first-order valence-electron chi connectivity index (χ1n) is 17.0. The Kier molecular flexibility index (Phi) is 6.40. The number of rotatable bonds is 4. The summed E-state index contributed by atoms with van der Waals surface area (Å²) in [5.74, 6) is 0.673. The molecule has 0 fully saturated rings. The van der Waals surface area contributed by atoms with E-state index in [1.54, 1.807) is 0 Å². The molecule has 0 radical (unpaired) electrons. The van der Waals surface area contributed by atoms with Gasteiger partial charge in [0.25, 0.3) is 0 Å². The summed E-state index contributed by atoms with van der Waals surface area (Å²) < 4.78 is 6.61. The predicted octanol–water partition coefficient (Wildman–Crippen LogP) is 12.8. The van der Waals surface area contributed by atoms with Gasteiger partial charge in [0.2, 0.25) is 0 Å². The zero-order chi connectivity index (χ0) is 33.2. The topological polar surface area (TPSA) is 38.9 Å². The largest absolute Gasteiger partial charge is 0.456 e. The molecule has 3 heteroatoms. The van der Waals surface area contributed by atoms with E-state index >= 15 is 0 Å². The number of hydrogen-bond acceptors (Lipinski definition) is 3. The molecule has 234 valence electrons. The summed E-state index contributed by atoms with van der Waals surface area (Å²) in [5, 5.41) is 9.29. The summed E-state index contributed by atoms with van der Waals surface area (Å²) in [6, 6.07) is 57.8. The Morgan fingerprint density at radius 1 is 0.400 bits per heavy atom. The zero-order valence-corrected chi connectivity index (χ0v) is 27.4. The van der Waals surface area contributed by atoms with Gasteiger partial charge in [-0.25, -0.2) is 9.97 Å². The Morgan fingerprint density at radius 2 is 0.960 bits per heavy atom. The van der Waals surface area contributed by atoms with Crippen molar-refractivity contribution in [3.05, 3.63) is 169 Å². The number of fused-ring (bicyclic) bond motifs is 7. The van der Waals surface area contributed by atoms with Crippen LogP contribution in [0.5, 0.6) is 0 Å². The van der Waals surface area contributed by atoms with Gasteiger partial charge in [-0.3, -0.25) is 0 Å². The molecule has 0 saturated heterocycles. The second kappa shape index (κ2) is 11.3. The molecule has 0 N–H and O–H groups in total. The Morgan fingerprint density at radius 3 is 1.70 bits per heavy atom. The number of nitrogens with zero attached hydrogens (tertiary/aromatic N) is 2. The SMILES string of the molecule is Cc1c(-c2ccccc2)nc(-c2cc3oc4cc5ccccc5cc4c3c3ccccc23)nc1-c1ccc(-c2ccc3ccccc3c2)cc1. The maximum atomic E-state index is 6.61. The van der Waals surface area contributed by atoms with Gasteiger partial charge in [0.15, 0.2) is 5.82 Å². The third-order valence-corrected chi connectivity index (χ3v) is 10.0. The van der Waals surface area contributed by atoms with Gasteiger partial charge in [-0.15, -0.1) is 0 Å². The molecule has 0 amide bonds. The van der Waals surface area contributed by atoms with Crippen LogP contribution in [0.15, 0.2) is 168 Å². The fourth-order valence-electron chi connectivity index (χ4n) is 7.50. The highest BCUT2D eigenvalue weighted by Crippen LogP contribution is 2.42. The molecule has 0 aliphatic heterocycles. The van der Waals surface area contributed by atoms with Crippen LogP contribution in [0.1, 0.15) is 5.56 Å². The van der Waals surface area contributed by atoms with Crippen LogP contribution < -0.4 is 0 Å². The molecule has 10 rings (SSSR count). The molecule has 0 aliphatic rings. The van der Waals surface area contributed by atoms with E-state index in [0.717, 1.165) is 71.7 Å². The lowest BCUT2D eigenvalue weighted by Gasteiger charge is -2.15. The molecule has 0 spiro atoms. The van der Waals surface area contributed by atoms with Crippen molar-refractivity contribution in [2.24, 2.45) is 0 Å². The highest BCUT2D eigenvalue weighted by Gasteiger charge is 2.20. The molecular formula is C47H30N2O. The first kappa shape index (κ1) is 28.4. The third-order valence-electron chi connectivity index (χ3n) is 10.0. The average molecular weight is 639 g/mol. The Balaban J connectivity index is 1.18. The van der Waals surface area contributed by atoms with Gasteiger partial charge in [0, 0.05) is 33.0 Å². The standard InChI is InChI=1S/C47H30N2O/c1-29-45(32-12-3-2-4-13-32)48-47(49-46(29)33-22-19-31(20-23-33)37-24-21-30-11-5-6-14-34(30)25-37)40-28-43-44(39-18-10-9-17-38(39)40)41-26-35-15-7-8-16-36(35)27-42(41)50-43/h2-28H,1H3. The van der Waals surface area contributed by atoms with E-state index in [1.165, 1.54) is 27.3 Å². The monoisotopic (exact) mass is 638 g/mol. The summed E-state index contributed by atoms with van der Waals surface area (Å²) in [5.41, 5.74) is 10.0. The molecule has 8 aromatic carbocycles. The summed E-state index contributed by atoms with van der Waals surface area (Å²) in [4.78, 5) is 10.6. The van der Waals surface area contributed by atoms with Gasteiger partial charge >= 0.3 is 0 Å². The van der Waals surface area contributed by atoms with Crippen molar-refractivity contribution < 1.29 is 4.42 Å². The van der Waals surface area contributed by atoms with Crippen LogP contribution in [0, 0.1) is 6.92 Å². The van der Waals surface area contributed by atoms with Crippen molar-refractivity contribution in [1.82, 2.24) is 9.97 Å². The maximum absolute atomic E-state index is 6.61. The number of benzene rings is 8. The maximum Gasteiger partial charge on any atom is 0.161 e. The second-order valence-corrected chi connectivity index (χ2v) is 13.0. The van der Waals surface area contributed by atoms with Crippen LogP contribution in [0.3, 0.4) is 0 Å². The smallest absolute Gasteiger partial charge is 0.161 e. The van der Waals surface area contributed by atoms with E-state index in [1.807, 2.05) is 6.07 Å². The fraction of sp³-hybridized carbons (Fsp3) is 0.0213. The normalized spacial score (nSPS) is 11.7. The molecule has 0 saturated carbocycles. The summed E-state index contributed by atoms with van der Waals surface area (Å²) in [6.07, 6.45) is 0. The lowest BCUT2D eigenvalue weighted by molar-refractivity contribution is 0.670. The lowest BCUT2D eigenvalue weighted by atomic mass is 9.96. The third kappa shape index (κ3) is 4.59. The first-order chi connectivity index (χ1) is 24.7. The highest BCUT2D eigenvalue weighted by atomic mass is 16.3. The van der Waals surface area contributed by atoms with E-state index < -0.39 is 0 Å². The zero-order valence-electron chi connectivity index (χ0n) is 27.4. The molecule has 3 nitrogen and oxygen atoms in total. The molecule has 2 heterocycles. The van der Waals surface area contributed by atoms with Crippen molar-refractivity contribution in [2.45, 2.75) is 6.92 Å². The van der Waals surface area contributed by atoms with Crippen LogP contribution >= 0.6 is 0 Å². The highest BCUT2D eigenvalue weighted by molar-refractivity contribution is 6.23. The minimum Gasteiger partial charge on any atom is -0.456 e. The molecule has 0 aliphatic carbocycles. The molecule has 10 aromatic rings. The summed E-state index contributed by atoms with van der Waals surface area (Å²) in [7, 11) is 0. The van der Waals surface area contributed by atoms with Gasteiger partial charge in [0.1, 0.15) is 11.2 Å². The van der Waals surface area contributed by atoms with Crippen molar-refractivity contribution >= 4 is 54.3 Å². The number of hydrogen-bond donors (Lipinski definition) is 0. The minimum absolute atomic E-state index is 0.673. The Bertz CT molecular complexity index is 2920. The fourth-order valence-corrected chi connectivity index (χ4v) is 7.50. The van der Waals surface area contributed by atoms with Gasteiger partial charge in [-0.05, 0) is 74.6 Å². The van der Waals surface area contributed by atoms with E-state index in [9.17, 15) is 0 Å². The van der Waals surface area contributed by atoms with Crippen molar-refractivity contribution in [3.8, 4) is 45.0 Å².